The van der Waals surface area contributed by atoms with Crippen LogP contribution in [0.1, 0.15) is 37.4 Å². The van der Waals surface area contributed by atoms with Crippen molar-refractivity contribution in [1.29, 1.82) is 0 Å². The van der Waals surface area contributed by atoms with Crippen LogP contribution in [0.15, 0.2) is 54.9 Å². The van der Waals surface area contributed by atoms with Crippen LogP contribution in [-0.2, 0) is 20.7 Å². The van der Waals surface area contributed by atoms with E-state index in [0.29, 0.717) is 30.8 Å². The SMILES string of the molecule is CCCc1nn(-c2ccc(F)cc2)c([O-])c1C1=C([n+]2ccccc2)C(=O)N(CC2CCCO2)C1=O. The lowest BCUT2D eigenvalue weighted by atomic mass is 10.0. The highest BCUT2D eigenvalue weighted by molar-refractivity contribution is 6.44. The Morgan fingerprint density at radius 3 is 2.54 bits per heavy atom. The zero-order valence-electron chi connectivity index (χ0n) is 19.3. The highest BCUT2D eigenvalue weighted by Crippen LogP contribution is 2.37. The fourth-order valence-corrected chi connectivity index (χ4v) is 4.60. The molecule has 1 atom stereocenters. The normalized spacial score (nSPS) is 18.2. The van der Waals surface area contributed by atoms with Gasteiger partial charge >= 0.3 is 5.91 Å². The van der Waals surface area contributed by atoms with E-state index in [2.05, 4.69) is 5.10 Å². The molecule has 0 radical (unpaired) electrons. The van der Waals surface area contributed by atoms with Gasteiger partial charge in [-0.3, -0.25) is 14.5 Å². The number of amides is 2. The van der Waals surface area contributed by atoms with Crippen molar-refractivity contribution in [1.82, 2.24) is 14.7 Å². The average Bonchev–Trinajstić information content (AvgIpc) is 3.55. The minimum absolute atomic E-state index is 0.0333. The number of carbonyl (C=O) groups excluding carboxylic acids is 2. The second-order valence-electron chi connectivity index (χ2n) is 8.63. The molecule has 0 saturated carbocycles. The van der Waals surface area contributed by atoms with E-state index in [1.165, 1.54) is 33.8 Å². The molecule has 0 spiro atoms. The van der Waals surface area contributed by atoms with Crippen LogP contribution in [0.5, 0.6) is 5.88 Å². The Morgan fingerprint density at radius 1 is 1.14 bits per heavy atom. The summed E-state index contributed by atoms with van der Waals surface area (Å²) in [4.78, 5) is 28.5. The molecule has 1 saturated heterocycles. The molecule has 0 N–H and O–H groups in total. The summed E-state index contributed by atoms with van der Waals surface area (Å²) < 4.78 is 21.9. The molecule has 5 rings (SSSR count). The molecule has 3 aromatic rings. The molecule has 4 heterocycles. The topological polar surface area (TPSA) is 91.4 Å². The Hall–Kier alpha value is -3.85. The van der Waals surface area contributed by atoms with E-state index in [-0.39, 0.29) is 29.5 Å². The fraction of sp³-hybridized carbons (Fsp3) is 0.308. The summed E-state index contributed by atoms with van der Waals surface area (Å²) in [5, 5.41) is 18.2. The quantitative estimate of drug-likeness (QED) is 0.385. The van der Waals surface area contributed by atoms with Gasteiger partial charge in [-0.2, -0.15) is 9.67 Å². The first-order valence-electron chi connectivity index (χ1n) is 11.7. The number of hydrogen-bond acceptors (Lipinski definition) is 5. The second kappa shape index (κ2) is 9.42. The highest BCUT2D eigenvalue weighted by atomic mass is 19.1. The van der Waals surface area contributed by atoms with E-state index in [1.807, 2.05) is 6.92 Å². The molecule has 2 aliphatic heterocycles. The van der Waals surface area contributed by atoms with Gasteiger partial charge in [-0.15, -0.1) is 0 Å². The Labute approximate surface area is 201 Å². The van der Waals surface area contributed by atoms with Gasteiger partial charge in [0.25, 0.3) is 11.6 Å². The van der Waals surface area contributed by atoms with E-state index in [1.54, 1.807) is 35.2 Å². The molecule has 1 fully saturated rings. The number of pyridine rings is 1. The number of aryl methyl sites for hydroxylation is 1. The predicted octanol–water partition coefficient (Wildman–Crippen LogP) is 2.24. The average molecular weight is 477 g/mol. The maximum Gasteiger partial charge on any atom is 0.327 e. The number of imide groups is 1. The lowest BCUT2D eigenvalue weighted by Crippen LogP contribution is -2.42. The number of nitrogens with zero attached hydrogens (tertiary/aromatic N) is 4. The summed E-state index contributed by atoms with van der Waals surface area (Å²) in [6.45, 7) is 2.66. The van der Waals surface area contributed by atoms with Crippen molar-refractivity contribution in [3.63, 3.8) is 0 Å². The van der Waals surface area contributed by atoms with E-state index in [4.69, 9.17) is 4.74 Å². The monoisotopic (exact) mass is 476 g/mol. The predicted molar refractivity (Wildman–Crippen MR) is 122 cm³/mol. The largest absolute Gasteiger partial charge is 0.858 e. The zero-order chi connectivity index (χ0) is 24.5. The third-order valence-electron chi connectivity index (χ3n) is 6.25. The summed E-state index contributed by atoms with van der Waals surface area (Å²) in [5.41, 5.74) is 1.05. The Kier molecular flexibility index (Phi) is 6.17. The first-order valence-corrected chi connectivity index (χ1v) is 11.7. The van der Waals surface area contributed by atoms with Crippen LogP contribution >= 0.6 is 0 Å². The minimum atomic E-state index is -0.537. The molecule has 9 heteroatoms. The van der Waals surface area contributed by atoms with Crippen molar-refractivity contribution in [2.75, 3.05) is 13.2 Å². The van der Waals surface area contributed by atoms with Crippen molar-refractivity contribution in [2.24, 2.45) is 0 Å². The maximum atomic E-state index is 13.7. The summed E-state index contributed by atoms with van der Waals surface area (Å²) >= 11 is 0. The van der Waals surface area contributed by atoms with Crippen LogP contribution in [-0.4, -0.2) is 45.8 Å². The van der Waals surface area contributed by atoms with Crippen molar-refractivity contribution in [3.05, 3.63) is 71.9 Å². The number of benzene rings is 1. The molecule has 0 aliphatic carbocycles. The molecule has 2 amide bonds. The summed E-state index contributed by atoms with van der Waals surface area (Å²) in [5.74, 6) is -1.98. The molecular formula is C26H25FN4O4. The van der Waals surface area contributed by atoms with Crippen molar-refractivity contribution in [2.45, 2.75) is 38.7 Å². The van der Waals surface area contributed by atoms with Crippen LogP contribution in [0.2, 0.25) is 0 Å². The third-order valence-corrected chi connectivity index (χ3v) is 6.25. The number of halogens is 1. The van der Waals surface area contributed by atoms with Gasteiger partial charge in [0, 0.05) is 24.3 Å². The van der Waals surface area contributed by atoms with Crippen molar-refractivity contribution >= 4 is 23.1 Å². The highest BCUT2D eigenvalue weighted by Gasteiger charge is 2.47. The zero-order valence-corrected chi connectivity index (χ0v) is 19.3. The lowest BCUT2D eigenvalue weighted by molar-refractivity contribution is -0.576. The number of aromatic nitrogens is 3. The fourth-order valence-electron chi connectivity index (χ4n) is 4.60. The van der Waals surface area contributed by atoms with Gasteiger partial charge in [0.15, 0.2) is 12.4 Å². The van der Waals surface area contributed by atoms with E-state index >= 15 is 0 Å². The molecule has 0 bridgehead atoms. The van der Waals surface area contributed by atoms with E-state index in [0.717, 1.165) is 12.8 Å². The Bertz CT molecular complexity index is 1290. The molecule has 180 valence electrons. The molecule has 2 aliphatic rings. The third kappa shape index (κ3) is 4.12. The molecule has 1 unspecified atom stereocenters. The minimum Gasteiger partial charge on any atom is -0.858 e. The number of ether oxygens (including phenoxy) is 1. The summed E-state index contributed by atoms with van der Waals surface area (Å²) in [6.07, 6.45) is 5.86. The van der Waals surface area contributed by atoms with Gasteiger partial charge in [-0.25, -0.2) is 9.07 Å². The smallest absolute Gasteiger partial charge is 0.327 e. The van der Waals surface area contributed by atoms with E-state index in [9.17, 15) is 19.1 Å². The number of hydrogen-bond donors (Lipinski definition) is 0. The lowest BCUT2D eigenvalue weighted by Gasteiger charge is -2.18. The molecular weight excluding hydrogens is 451 g/mol. The van der Waals surface area contributed by atoms with Crippen LogP contribution < -0.4 is 9.67 Å². The standard InChI is InChI=1S/C26H25FN4O4/c1-2-7-20-21(25(33)31(28-20)18-11-9-17(27)10-12-18)22-23(29-13-4-3-5-14-29)26(34)30(24(22)32)16-19-8-6-15-35-19/h3-5,9-14,19H,2,6-8,15-16H2,1H3. The van der Waals surface area contributed by atoms with Crippen LogP contribution in [0.3, 0.4) is 0 Å². The van der Waals surface area contributed by atoms with Gasteiger partial charge in [0.05, 0.1) is 24.0 Å². The first-order chi connectivity index (χ1) is 17.0. The van der Waals surface area contributed by atoms with Gasteiger partial charge < -0.3 is 9.84 Å². The molecule has 1 aromatic carbocycles. The second-order valence-corrected chi connectivity index (χ2v) is 8.63. The number of carbonyl (C=O) groups is 2. The van der Waals surface area contributed by atoms with Crippen LogP contribution in [0.4, 0.5) is 4.39 Å². The van der Waals surface area contributed by atoms with Crippen molar-refractivity contribution < 1.29 is 28.4 Å². The van der Waals surface area contributed by atoms with Crippen molar-refractivity contribution in [3.8, 4) is 11.6 Å². The van der Waals surface area contributed by atoms with Gasteiger partial charge in [-0.05, 0) is 49.4 Å². The van der Waals surface area contributed by atoms with Gasteiger partial charge in [0.1, 0.15) is 11.4 Å². The Morgan fingerprint density at radius 2 is 1.89 bits per heavy atom. The van der Waals surface area contributed by atoms with Crippen LogP contribution in [0, 0.1) is 5.82 Å². The van der Waals surface area contributed by atoms with Crippen LogP contribution in [0.25, 0.3) is 17.0 Å². The molecule has 8 nitrogen and oxygen atoms in total. The summed E-state index contributed by atoms with van der Waals surface area (Å²) in [6, 6.07) is 10.7. The number of rotatable bonds is 7. The maximum absolute atomic E-state index is 13.7. The van der Waals surface area contributed by atoms with Gasteiger partial charge in [-0.1, -0.05) is 19.4 Å². The van der Waals surface area contributed by atoms with Gasteiger partial charge in [0.2, 0.25) is 0 Å². The molecule has 35 heavy (non-hydrogen) atoms. The first kappa shape index (κ1) is 22.9. The van der Waals surface area contributed by atoms with E-state index < -0.39 is 23.5 Å². The summed E-state index contributed by atoms with van der Waals surface area (Å²) in [7, 11) is 0. The molecule has 2 aromatic heterocycles. The Balaban J connectivity index is 1.68.